The van der Waals surface area contributed by atoms with E-state index in [1.54, 1.807) is 19.1 Å². The first-order chi connectivity index (χ1) is 4.13. The molecule has 0 heterocycles. The van der Waals surface area contributed by atoms with E-state index in [2.05, 4.69) is 0 Å². The quantitative estimate of drug-likeness (QED) is 0.573. The number of allylic oxidation sites excluding steroid dienone is 1. The molecule has 0 spiro atoms. The van der Waals surface area contributed by atoms with Crippen molar-refractivity contribution in [1.82, 2.24) is 0 Å². The van der Waals surface area contributed by atoms with Crippen molar-refractivity contribution in [3.8, 4) is 0 Å². The van der Waals surface area contributed by atoms with Crippen LogP contribution in [-0.4, -0.2) is 17.0 Å². The van der Waals surface area contributed by atoms with Crippen LogP contribution in [0.5, 0.6) is 0 Å². The molecule has 0 aliphatic heterocycles. The van der Waals surface area contributed by atoms with Crippen molar-refractivity contribution in [2.45, 2.75) is 26.4 Å². The normalized spacial score (nSPS) is 14.1. The summed E-state index contributed by atoms with van der Waals surface area (Å²) in [5, 5.41) is 8.67. The second-order valence-electron chi connectivity index (χ2n) is 2.07. The lowest BCUT2D eigenvalue weighted by Crippen LogP contribution is -1.93. The van der Waals surface area contributed by atoms with Crippen LogP contribution in [0, 0.1) is 0 Å². The Hall–Kier alpha value is -0.630. The van der Waals surface area contributed by atoms with Crippen LogP contribution >= 0.6 is 0 Å². The summed E-state index contributed by atoms with van der Waals surface area (Å²) in [5.74, 6) is 0.118. The third kappa shape index (κ3) is 7.37. The number of hydrogen-bond donors (Lipinski definition) is 1. The first-order valence-corrected chi connectivity index (χ1v) is 2.97. The molecule has 0 saturated heterocycles. The smallest absolute Gasteiger partial charge is 0.133 e. The van der Waals surface area contributed by atoms with E-state index in [1.165, 1.54) is 6.92 Å². The average Bonchev–Trinajstić information content (AvgIpc) is 1.63. The first-order valence-electron chi connectivity index (χ1n) is 2.97. The first kappa shape index (κ1) is 8.37. The Morgan fingerprint density at radius 1 is 1.78 bits per heavy atom. The van der Waals surface area contributed by atoms with E-state index in [0.717, 1.165) is 0 Å². The third-order valence-corrected chi connectivity index (χ3v) is 0.820. The molecule has 0 aromatic rings. The van der Waals surface area contributed by atoms with Gasteiger partial charge in [0.1, 0.15) is 5.78 Å². The van der Waals surface area contributed by atoms with Gasteiger partial charge in [-0.05, 0) is 13.8 Å². The lowest BCUT2D eigenvalue weighted by molar-refractivity contribution is -0.116. The summed E-state index contributed by atoms with van der Waals surface area (Å²) in [5.41, 5.74) is 0. The largest absolute Gasteiger partial charge is 0.389 e. The summed E-state index contributed by atoms with van der Waals surface area (Å²) in [6.45, 7) is 3.17. The number of carbonyl (C=O) groups is 1. The van der Waals surface area contributed by atoms with Gasteiger partial charge in [-0.3, -0.25) is 4.79 Å². The Bertz CT molecular complexity index is 114. The second-order valence-corrected chi connectivity index (χ2v) is 2.07. The molecule has 0 radical (unpaired) electrons. The van der Waals surface area contributed by atoms with E-state index < -0.39 is 6.10 Å². The van der Waals surface area contributed by atoms with E-state index in [1.807, 2.05) is 0 Å². The summed E-state index contributed by atoms with van der Waals surface area (Å²) in [6.07, 6.45) is 3.25. The van der Waals surface area contributed by atoms with Gasteiger partial charge in [-0.2, -0.15) is 0 Å². The summed E-state index contributed by atoms with van der Waals surface area (Å²) >= 11 is 0. The maximum atomic E-state index is 10.3. The zero-order chi connectivity index (χ0) is 7.28. The minimum Gasteiger partial charge on any atom is -0.389 e. The maximum absolute atomic E-state index is 10.3. The van der Waals surface area contributed by atoms with Crippen molar-refractivity contribution in [1.29, 1.82) is 0 Å². The van der Waals surface area contributed by atoms with Gasteiger partial charge in [-0.25, -0.2) is 0 Å². The van der Waals surface area contributed by atoms with Crippen molar-refractivity contribution < 1.29 is 9.90 Å². The number of ketones is 1. The van der Waals surface area contributed by atoms with Gasteiger partial charge in [0.2, 0.25) is 0 Å². The van der Waals surface area contributed by atoms with Gasteiger partial charge >= 0.3 is 0 Å². The van der Waals surface area contributed by atoms with Crippen molar-refractivity contribution >= 4 is 5.78 Å². The Labute approximate surface area is 55.2 Å². The molecule has 52 valence electrons. The second kappa shape index (κ2) is 4.27. The van der Waals surface area contributed by atoms with Gasteiger partial charge in [0.15, 0.2) is 0 Å². The van der Waals surface area contributed by atoms with Gasteiger partial charge in [0.05, 0.1) is 6.10 Å². The Morgan fingerprint density at radius 3 is 2.67 bits per heavy atom. The molecule has 0 bridgehead atoms. The molecule has 2 nitrogen and oxygen atoms in total. The minimum atomic E-state index is -0.440. The van der Waals surface area contributed by atoms with Crippen LogP contribution < -0.4 is 0 Å². The monoisotopic (exact) mass is 128 g/mol. The van der Waals surface area contributed by atoms with Gasteiger partial charge in [0, 0.05) is 6.42 Å². The molecular weight excluding hydrogens is 116 g/mol. The van der Waals surface area contributed by atoms with Crippen molar-refractivity contribution in [3.05, 3.63) is 12.2 Å². The van der Waals surface area contributed by atoms with E-state index in [4.69, 9.17) is 5.11 Å². The highest BCUT2D eigenvalue weighted by atomic mass is 16.3. The van der Waals surface area contributed by atoms with Gasteiger partial charge in [-0.15, -0.1) is 0 Å². The topological polar surface area (TPSA) is 37.3 Å². The van der Waals surface area contributed by atoms with Crippen LogP contribution in [0.15, 0.2) is 12.2 Å². The fourth-order valence-electron chi connectivity index (χ4n) is 0.431. The molecular formula is C7H12O2. The SMILES string of the molecule is CC(=O)CC=CC(C)O. The average molecular weight is 128 g/mol. The summed E-state index contributed by atoms with van der Waals surface area (Å²) in [6, 6.07) is 0. The molecule has 1 N–H and O–H groups in total. The molecule has 1 atom stereocenters. The third-order valence-electron chi connectivity index (χ3n) is 0.820. The molecule has 0 aromatic heterocycles. The highest BCUT2D eigenvalue weighted by molar-refractivity contribution is 5.76. The number of aliphatic hydroxyl groups excluding tert-OH is 1. The molecule has 2 heteroatoms. The molecule has 0 saturated carbocycles. The standard InChI is InChI=1S/C7H12O2/c1-6(8)4-3-5-7(2)9/h3-4,6,8H,5H2,1-2H3. The maximum Gasteiger partial charge on any atom is 0.133 e. The summed E-state index contributed by atoms with van der Waals surface area (Å²) in [7, 11) is 0. The number of Topliss-reactive ketones (excluding diaryl/α,β-unsaturated/α-hetero) is 1. The van der Waals surface area contributed by atoms with Crippen LogP contribution in [0.2, 0.25) is 0 Å². The highest BCUT2D eigenvalue weighted by Gasteiger charge is 1.87. The lowest BCUT2D eigenvalue weighted by Gasteiger charge is -1.90. The Morgan fingerprint density at radius 2 is 2.33 bits per heavy atom. The number of rotatable bonds is 3. The van der Waals surface area contributed by atoms with Crippen molar-refractivity contribution in [2.75, 3.05) is 0 Å². The van der Waals surface area contributed by atoms with Crippen molar-refractivity contribution in [3.63, 3.8) is 0 Å². The summed E-state index contributed by atoms with van der Waals surface area (Å²) < 4.78 is 0. The molecule has 0 aliphatic carbocycles. The van der Waals surface area contributed by atoms with Crippen LogP contribution in [0.3, 0.4) is 0 Å². The fourth-order valence-corrected chi connectivity index (χ4v) is 0.431. The van der Waals surface area contributed by atoms with Crippen LogP contribution in [0.1, 0.15) is 20.3 Å². The van der Waals surface area contributed by atoms with Crippen LogP contribution in [0.25, 0.3) is 0 Å². The predicted octanol–water partition coefficient (Wildman–Crippen LogP) is 0.902. The van der Waals surface area contributed by atoms with Gasteiger partial charge < -0.3 is 5.11 Å². The van der Waals surface area contributed by atoms with Gasteiger partial charge in [-0.1, -0.05) is 12.2 Å². The van der Waals surface area contributed by atoms with Crippen LogP contribution in [0.4, 0.5) is 0 Å². The molecule has 0 aromatic carbocycles. The zero-order valence-corrected chi connectivity index (χ0v) is 5.79. The predicted molar refractivity (Wildman–Crippen MR) is 36.1 cm³/mol. The minimum absolute atomic E-state index is 0.118. The molecule has 0 fully saturated rings. The number of aliphatic hydroxyl groups is 1. The summed E-state index contributed by atoms with van der Waals surface area (Å²) in [4.78, 5) is 10.3. The number of carbonyl (C=O) groups excluding carboxylic acids is 1. The van der Waals surface area contributed by atoms with E-state index >= 15 is 0 Å². The fraction of sp³-hybridized carbons (Fsp3) is 0.571. The van der Waals surface area contributed by atoms with E-state index in [9.17, 15) is 4.79 Å². The molecule has 9 heavy (non-hydrogen) atoms. The zero-order valence-electron chi connectivity index (χ0n) is 5.79. The lowest BCUT2D eigenvalue weighted by atomic mass is 10.2. The molecule has 1 unspecified atom stereocenters. The highest BCUT2D eigenvalue weighted by Crippen LogP contribution is 1.87. The molecule has 0 aliphatic rings. The Kier molecular flexibility index (Phi) is 3.97. The van der Waals surface area contributed by atoms with E-state index in [-0.39, 0.29) is 5.78 Å². The molecule has 0 amide bonds. The molecule has 0 rings (SSSR count). The van der Waals surface area contributed by atoms with Gasteiger partial charge in [0.25, 0.3) is 0 Å². The van der Waals surface area contributed by atoms with E-state index in [0.29, 0.717) is 6.42 Å². The van der Waals surface area contributed by atoms with Crippen LogP contribution in [-0.2, 0) is 4.79 Å². The van der Waals surface area contributed by atoms with Crippen molar-refractivity contribution in [2.24, 2.45) is 0 Å². The Balaban J connectivity index is 3.36. The number of hydrogen-bond acceptors (Lipinski definition) is 2.